The fourth-order valence-electron chi connectivity index (χ4n) is 2.36. The summed E-state index contributed by atoms with van der Waals surface area (Å²) in [5.41, 5.74) is 1.68. The Balaban J connectivity index is 1.85. The first kappa shape index (κ1) is 16.1. The number of carboxylic acid groups (broad SMARTS) is 1. The molecule has 1 unspecified atom stereocenters. The molecule has 1 saturated heterocycles. The Morgan fingerprint density at radius 1 is 1.12 bits per heavy atom. The lowest BCUT2D eigenvalue weighted by atomic mass is 10.2. The number of nitrogens with zero attached hydrogens (tertiary/aromatic N) is 1. The van der Waals surface area contributed by atoms with E-state index in [2.05, 4.69) is 5.32 Å². The minimum Gasteiger partial charge on any atom is -0.545 e. The van der Waals surface area contributed by atoms with Crippen molar-refractivity contribution in [2.75, 3.05) is 10.2 Å². The molecule has 0 aromatic heterocycles. The van der Waals surface area contributed by atoms with E-state index < -0.39 is 22.5 Å². The average Bonchev–Trinajstić information content (AvgIpc) is 2.83. The van der Waals surface area contributed by atoms with Crippen LogP contribution in [0.3, 0.4) is 0 Å². The third kappa shape index (κ3) is 2.98. The van der Waals surface area contributed by atoms with Crippen LogP contribution < -0.4 is 15.3 Å². The summed E-state index contributed by atoms with van der Waals surface area (Å²) in [6, 6.07) is 13.1. The minimum atomic E-state index is -1.35. The number of amides is 2. The van der Waals surface area contributed by atoms with Crippen molar-refractivity contribution in [3.63, 3.8) is 0 Å². The molecule has 1 fully saturated rings. The molecule has 2 aromatic rings. The first-order valence-electron chi connectivity index (χ1n) is 7.15. The summed E-state index contributed by atoms with van der Waals surface area (Å²) in [4.78, 5) is 37.0. The highest BCUT2D eigenvalue weighted by Gasteiger charge is 2.40. The van der Waals surface area contributed by atoms with Gasteiger partial charge in [-0.3, -0.25) is 9.59 Å². The van der Waals surface area contributed by atoms with E-state index in [4.69, 9.17) is 0 Å². The van der Waals surface area contributed by atoms with Crippen LogP contribution in [-0.4, -0.2) is 22.5 Å². The van der Waals surface area contributed by atoms with E-state index in [1.54, 1.807) is 24.3 Å². The van der Waals surface area contributed by atoms with Crippen LogP contribution >= 0.6 is 11.8 Å². The second-order valence-corrected chi connectivity index (χ2v) is 6.31. The molecule has 2 aromatic carbocycles. The van der Waals surface area contributed by atoms with Crippen LogP contribution in [0.2, 0.25) is 0 Å². The van der Waals surface area contributed by atoms with Crippen LogP contribution in [0.5, 0.6) is 0 Å². The molecule has 3 rings (SSSR count). The summed E-state index contributed by atoms with van der Waals surface area (Å²) in [6.45, 7) is 1.91. The number of hydrogen-bond acceptors (Lipinski definition) is 6. The zero-order valence-electron chi connectivity index (χ0n) is 12.7. The number of aromatic carboxylic acids is 1. The number of anilines is 2. The van der Waals surface area contributed by atoms with Crippen LogP contribution in [0.25, 0.3) is 0 Å². The molecule has 0 radical (unpaired) electrons. The van der Waals surface area contributed by atoms with E-state index in [-0.39, 0.29) is 11.3 Å². The van der Waals surface area contributed by atoms with Crippen molar-refractivity contribution >= 4 is 40.3 Å². The molecule has 2 amide bonds. The minimum absolute atomic E-state index is 0.0628. The molecule has 7 heteroatoms. The Bertz CT molecular complexity index is 820. The summed E-state index contributed by atoms with van der Waals surface area (Å²) in [6.07, 6.45) is 0. The molecular formula is C17H13N2O4S-. The Hall–Kier alpha value is -2.80. The molecular weight excluding hydrogens is 328 g/mol. The van der Waals surface area contributed by atoms with Crippen molar-refractivity contribution in [1.82, 2.24) is 0 Å². The maximum atomic E-state index is 12.5. The third-order valence-corrected chi connectivity index (χ3v) is 4.51. The van der Waals surface area contributed by atoms with Crippen molar-refractivity contribution in [2.24, 2.45) is 0 Å². The first-order chi connectivity index (χ1) is 11.5. The van der Waals surface area contributed by atoms with Gasteiger partial charge in [-0.1, -0.05) is 35.9 Å². The molecule has 1 heterocycles. The molecule has 0 aliphatic carbocycles. The molecule has 0 bridgehead atoms. The SMILES string of the molecule is Cc1ccc(N2C(=O)SC(Nc3ccccc3C(=O)[O-])C2=O)cc1. The first-order valence-corrected chi connectivity index (χ1v) is 8.03. The number of carbonyl (C=O) groups excluding carboxylic acids is 3. The van der Waals surface area contributed by atoms with Gasteiger partial charge in [0.15, 0.2) is 5.37 Å². The Morgan fingerprint density at radius 2 is 1.79 bits per heavy atom. The summed E-state index contributed by atoms with van der Waals surface area (Å²) in [5.74, 6) is -1.79. The van der Waals surface area contributed by atoms with Crippen LogP contribution in [0, 0.1) is 6.92 Å². The van der Waals surface area contributed by atoms with Gasteiger partial charge >= 0.3 is 0 Å². The van der Waals surface area contributed by atoms with Crippen LogP contribution in [0.1, 0.15) is 15.9 Å². The van der Waals surface area contributed by atoms with Gasteiger partial charge in [0, 0.05) is 11.3 Å². The zero-order valence-corrected chi connectivity index (χ0v) is 13.5. The number of hydrogen-bond donors (Lipinski definition) is 1. The van der Waals surface area contributed by atoms with Gasteiger partial charge in [0.1, 0.15) is 0 Å². The Morgan fingerprint density at radius 3 is 2.46 bits per heavy atom. The Labute approximate surface area is 142 Å². The lowest BCUT2D eigenvalue weighted by Crippen LogP contribution is -2.35. The smallest absolute Gasteiger partial charge is 0.295 e. The lowest BCUT2D eigenvalue weighted by Gasteiger charge is -2.17. The third-order valence-electron chi connectivity index (χ3n) is 3.57. The highest BCUT2D eigenvalue weighted by atomic mass is 32.2. The van der Waals surface area contributed by atoms with E-state index in [0.29, 0.717) is 5.69 Å². The fourth-order valence-corrected chi connectivity index (χ4v) is 3.25. The van der Waals surface area contributed by atoms with Crippen molar-refractivity contribution in [3.05, 3.63) is 59.7 Å². The molecule has 122 valence electrons. The quantitative estimate of drug-likeness (QED) is 0.915. The highest BCUT2D eigenvalue weighted by Crippen LogP contribution is 2.33. The predicted molar refractivity (Wildman–Crippen MR) is 89.8 cm³/mol. The number of imide groups is 1. The number of rotatable bonds is 4. The second-order valence-electron chi connectivity index (χ2n) is 5.25. The van der Waals surface area contributed by atoms with Gasteiger partial charge in [-0.15, -0.1) is 0 Å². The maximum absolute atomic E-state index is 12.5. The molecule has 6 nitrogen and oxygen atoms in total. The molecule has 24 heavy (non-hydrogen) atoms. The van der Waals surface area contributed by atoms with Crippen LogP contribution in [0.15, 0.2) is 48.5 Å². The molecule has 0 spiro atoms. The highest BCUT2D eigenvalue weighted by molar-refractivity contribution is 8.16. The van der Waals surface area contributed by atoms with Gasteiger partial charge < -0.3 is 15.2 Å². The summed E-state index contributed by atoms with van der Waals surface area (Å²) < 4.78 is 0. The molecule has 1 atom stereocenters. The number of nitrogens with one attached hydrogen (secondary N) is 1. The number of thioether (sulfide) groups is 1. The number of carbonyl (C=O) groups is 3. The largest absolute Gasteiger partial charge is 0.545 e. The van der Waals surface area contributed by atoms with Gasteiger partial charge in [0.2, 0.25) is 0 Å². The van der Waals surface area contributed by atoms with E-state index in [1.807, 2.05) is 19.1 Å². The van der Waals surface area contributed by atoms with Crippen molar-refractivity contribution < 1.29 is 19.5 Å². The topological polar surface area (TPSA) is 89.5 Å². The van der Waals surface area contributed by atoms with Gasteiger partial charge in [0.25, 0.3) is 11.1 Å². The zero-order chi connectivity index (χ0) is 17.3. The predicted octanol–water partition coefficient (Wildman–Crippen LogP) is 2.00. The number of carboxylic acids is 1. The van der Waals surface area contributed by atoms with Gasteiger partial charge in [-0.05, 0) is 36.9 Å². The van der Waals surface area contributed by atoms with E-state index >= 15 is 0 Å². The molecule has 1 N–H and O–H groups in total. The van der Waals surface area contributed by atoms with Gasteiger partial charge in [0.05, 0.1) is 11.7 Å². The van der Waals surface area contributed by atoms with E-state index in [0.717, 1.165) is 22.2 Å². The lowest BCUT2D eigenvalue weighted by molar-refractivity contribution is -0.254. The summed E-state index contributed by atoms with van der Waals surface area (Å²) >= 11 is 0.809. The number of benzene rings is 2. The van der Waals surface area contributed by atoms with E-state index in [9.17, 15) is 19.5 Å². The normalized spacial score (nSPS) is 17.2. The Kier molecular flexibility index (Phi) is 4.26. The summed E-state index contributed by atoms with van der Waals surface area (Å²) in [5, 5.41) is 12.7. The average molecular weight is 341 g/mol. The van der Waals surface area contributed by atoms with E-state index in [1.165, 1.54) is 12.1 Å². The van der Waals surface area contributed by atoms with Gasteiger partial charge in [-0.25, -0.2) is 4.90 Å². The monoisotopic (exact) mass is 341 g/mol. The van der Waals surface area contributed by atoms with Crippen molar-refractivity contribution in [3.8, 4) is 0 Å². The number of aryl methyl sites for hydroxylation is 1. The van der Waals surface area contributed by atoms with Crippen LogP contribution in [-0.2, 0) is 4.79 Å². The second kappa shape index (κ2) is 6.37. The molecule has 1 aliphatic rings. The molecule has 0 saturated carbocycles. The summed E-state index contributed by atoms with van der Waals surface area (Å²) in [7, 11) is 0. The van der Waals surface area contributed by atoms with Crippen molar-refractivity contribution in [2.45, 2.75) is 12.3 Å². The van der Waals surface area contributed by atoms with Crippen molar-refractivity contribution in [1.29, 1.82) is 0 Å². The van der Waals surface area contributed by atoms with Crippen LogP contribution in [0.4, 0.5) is 16.2 Å². The fraction of sp³-hybridized carbons (Fsp3) is 0.118. The number of para-hydroxylation sites is 1. The van der Waals surface area contributed by atoms with Gasteiger partial charge in [-0.2, -0.15) is 0 Å². The standard InChI is InChI=1S/C17H14N2O4S/c1-10-6-8-11(9-7-10)19-15(20)14(24-17(19)23)18-13-5-3-2-4-12(13)16(21)22/h2-9,14,18H,1H3,(H,21,22)/p-1. The molecule has 1 aliphatic heterocycles. The maximum Gasteiger partial charge on any atom is 0.295 e.